The van der Waals surface area contributed by atoms with Crippen molar-refractivity contribution >= 4 is 23.2 Å². The van der Waals surface area contributed by atoms with E-state index >= 15 is 0 Å². The van der Waals surface area contributed by atoms with Crippen LogP contribution < -0.4 is 15.4 Å². The van der Waals surface area contributed by atoms with E-state index in [1.54, 1.807) is 12.1 Å². The fourth-order valence-electron chi connectivity index (χ4n) is 3.08. The SMILES string of the molecule is CC(=O)Nc1cc(Nc2cccc(C(C)(F)F)n2)c(OCCN2CCCC2)cn1. The standard InChI is InChI=1S/C20H25F2N5O2/c1-14(28)24-19-12-15(25-18-7-5-6-17(26-18)20(2,21)22)16(13-23-19)29-11-10-27-8-3-4-9-27/h5-7,12-13H,3-4,8-11H2,1-2H3,(H2,23,24,25,26,28). The minimum Gasteiger partial charge on any atom is -0.488 e. The first-order valence-electron chi connectivity index (χ1n) is 9.56. The number of carbonyl (C=O) groups excluding carboxylic acids is 1. The van der Waals surface area contributed by atoms with E-state index in [1.165, 1.54) is 38.1 Å². The van der Waals surface area contributed by atoms with Crippen molar-refractivity contribution in [2.45, 2.75) is 32.6 Å². The molecule has 3 heterocycles. The van der Waals surface area contributed by atoms with Gasteiger partial charge in [-0.2, -0.15) is 8.78 Å². The van der Waals surface area contributed by atoms with Gasteiger partial charge in [0, 0.05) is 26.5 Å². The smallest absolute Gasteiger partial charge is 0.287 e. The number of amides is 1. The van der Waals surface area contributed by atoms with E-state index in [2.05, 4.69) is 25.5 Å². The fourth-order valence-corrected chi connectivity index (χ4v) is 3.08. The average molecular weight is 405 g/mol. The van der Waals surface area contributed by atoms with Crippen LogP contribution in [0, 0.1) is 0 Å². The van der Waals surface area contributed by atoms with Gasteiger partial charge in [0.15, 0.2) is 5.75 Å². The number of aromatic nitrogens is 2. The predicted octanol–water partition coefficient (Wildman–Crippen LogP) is 3.76. The third-order valence-corrected chi connectivity index (χ3v) is 4.50. The molecule has 0 atom stereocenters. The van der Waals surface area contributed by atoms with E-state index < -0.39 is 5.92 Å². The summed E-state index contributed by atoms with van der Waals surface area (Å²) in [5.41, 5.74) is 0.143. The molecule has 0 aliphatic carbocycles. The first kappa shape index (κ1) is 20.9. The van der Waals surface area contributed by atoms with Crippen LogP contribution in [0.25, 0.3) is 0 Å². The highest BCUT2D eigenvalue weighted by atomic mass is 19.3. The molecule has 0 radical (unpaired) electrons. The van der Waals surface area contributed by atoms with E-state index in [9.17, 15) is 13.6 Å². The van der Waals surface area contributed by atoms with Gasteiger partial charge < -0.3 is 15.4 Å². The van der Waals surface area contributed by atoms with Gasteiger partial charge in [-0.15, -0.1) is 0 Å². The van der Waals surface area contributed by atoms with Crippen molar-refractivity contribution in [2.75, 3.05) is 36.9 Å². The van der Waals surface area contributed by atoms with E-state index in [0.29, 0.717) is 23.9 Å². The summed E-state index contributed by atoms with van der Waals surface area (Å²) in [7, 11) is 0. The Morgan fingerprint density at radius 3 is 2.72 bits per heavy atom. The average Bonchev–Trinajstić information content (AvgIpc) is 3.16. The lowest BCUT2D eigenvalue weighted by atomic mass is 10.2. The summed E-state index contributed by atoms with van der Waals surface area (Å²) in [4.78, 5) is 21.8. The molecule has 1 aliphatic rings. The van der Waals surface area contributed by atoms with Crippen LogP contribution in [0.2, 0.25) is 0 Å². The lowest BCUT2D eigenvalue weighted by molar-refractivity contribution is -0.114. The summed E-state index contributed by atoms with van der Waals surface area (Å²) >= 11 is 0. The Labute approximate surface area is 168 Å². The van der Waals surface area contributed by atoms with Crippen molar-refractivity contribution in [2.24, 2.45) is 0 Å². The second-order valence-corrected chi connectivity index (χ2v) is 7.07. The van der Waals surface area contributed by atoms with Crippen molar-refractivity contribution in [3.8, 4) is 5.75 Å². The summed E-state index contributed by atoms with van der Waals surface area (Å²) in [6, 6.07) is 5.95. The molecule has 0 saturated carbocycles. The van der Waals surface area contributed by atoms with Gasteiger partial charge in [0.2, 0.25) is 5.91 Å². The number of alkyl halides is 2. The van der Waals surface area contributed by atoms with Gasteiger partial charge in [0.1, 0.15) is 23.9 Å². The highest BCUT2D eigenvalue weighted by Gasteiger charge is 2.26. The number of carbonyl (C=O) groups is 1. The van der Waals surface area contributed by atoms with Crippen LogP contribution in [-0.2, 0) is 10.7 Å². The highest BCUT2D eigenvalue weighted by molar-refractivity contribution is 5.88. The molecule has 2 N–H and O–H groups in total. The van der Waals surface area contributed by atoms with Crippen LogP contribution in [0.1, 0.15) is 32.4 Å². The second kappa shape index (κ2) is 9.13. The molecule has 2 aromatic rings. The Kier molecular flexibility index (Phi) is 6.58. The summed E-state index contributed by atoms with van der Waals surface area (Å²) in [6.07, 6.45) is 3.89. The molecular weight excluding hydrogens is 380 g/mol. The van der Waals surface area contributed by atoms with Gasteiger partial charge in [0.25, 0.3) is 5.92 Å². The summed E-state index contributed by atoms with van der Waals surface area (Å²) in [5, 5.41) is 5.60. The molecule has 2 aromatic heterocycles. The number of rotatable bonds is 8. The first-order chi connectivity index (χ1) is 13.8. The zero-order valence-corrected chi connectivity index (χ0v) is 16.5. The molecule has 1 aliphatic heterocycles. The normalized spacial score (nSPS) is 14.6. The van der Waals surface area contributed by atoms with Crippen molar-refractivity contribution in [1.82, 2.24) is 14.9 Å². The number of halogens is 2. The van der Waals surface area contributed by atoms with Crippen LogP contribution in [0.15, 0.2) is 30.5 Å². The molecule has 7 nitrogen and oxygen atoms in total. The summed E-state index contributed by atoms with van der Waals surface area (Å²) < 4.78 is 33.1. The van der Waals surface area contributed by atoms with Crippen LogP contribution in [0.4, 0.5) is 26.1 Å². The Morgan fingerprint density at radius 2 is 2.03 bits per heavy atom. The quantitative estimate of drug-likeness (QED) is 0.696. The molecule has 1 amide bonds. The molecule has 29 heavy (non-hydrogen) atoms. The van der Waals surface area contributed by atoms with Gasteiger partial charge in [0.05, 0.1) is 11.9 Å². The maximum absolute atomic E-state index is 13.6. The van der Waals surface area contributed by atoms with Gasteiger partial charge in [-0.25, -0.2) is 9.97 Å². The third-order valence-electron chi connectivity index (χ3n) is 4.50. The number of hydrogen-bond acceptors (Lipinski definition) is 6. The lowest BCUT2D eigenvalue weighted by Gasteiger charge is -2.18. The molecule has 0 bridgehead atoms. The van der Waals surface area contributed by atoms with Gasteiger partial charge in [-0.1, -0.05) is 6.07 Å². The van der Waals surface area contributed by atoms with Crippen LogP contribution in [0.3, 0.4) is 0 Å². The van der Waals surface area contributed by atoms with Crippen molar-refractivity contribution in [3.05, 3.63) is 36.2 Å². The Balaban J connectivity index is 1.78. The van der Waals surface area contributed by atoms with Crippen molar-refractivity contribution in [1.29, 1.82) is 0 Å². The fraction of sp³-hybridized carbons (Fsp3) is 0.450. The molecule has 3 rings (SSSR count). The van der Waals surface area contributed by atoms with Crippen molar-refractivity contribution in [3.63, 3.8) is 0 Å². The van der Waals surface area contributed by atoms with E-state index in [-0.39, 0.29) is 17.4 Å². The largest absolute Gasteiger partial charge is 0.488 e. The Bertz CT molecular complexity index is 851. The summed E-state index contributed by atoms with van der Waals surface area (Å²) in [5.74, 6) is -2.30. The maximum Gasteiger partial charge on any atom is 0.287 e. The topological polar surface area (TPSA) is 79.4 Å². The summed E-state index contributed by atoms with van der Waals surface area (Å²) in [6.45, 7) is 5.57. The Hall–Kier alpha value is -2.81. The van der Waals surface area contributed by atoms with E-state index in [0.717, 1.165) is 26.6 Å². The number of anilines is 3. The molecule has 9 heteroatoms. The minimum absolute atomic E-state index is 0.244. The number of ether oxygens (including phenoxy) is 1. The number of hydrogen-bond donors (Lipinski definition) is 2. The van der Waals surface area contributed by atoms with E-state index in [1.807, 2.05) is 0 Å². The van der Waals surface area contributed by atoms with Crippen molar-refractivity contribution < 1.29 is 18.3 Å². The van der Waals surface area contributed by atoms with Crippen LogP contribution in [0.5, 0.6) is 5.75 Å². The zero-order chi connectivity index (χ0) is 20.9. The maximum atomic E-state index is 13.6. The van der Waals surface area contributed by atoms with Crippen LogP contribution in [-0.4, -0.2) is 47.0 Å². The van der Waals surface area contributed by atoms with Gasteiger partial charge in [-0.05, 0) is 38.1 Å². The molecule has 1 fully saturated rings. The minimum atomic E-state index is -3.05. The molecule has 0 aromatic carbocycles. The number of pyridine rings is 2. The second-order valence-electron chi connectivity index (χ2n) is 7.07. The highest BCUT2D eigenvalue weighted by Crippen LogP contribution is 2.31. The monoisotopic (exact) mass is 405 g/mol. The van der Waals surface area contributed by atoms with Gasteiger partial charge >= 0.3 is 0 Å². The lowest BCUT2D eigenvalue weighted by Crippen LogP contribution is -2.25. The Morgan fingerprint density at radius 1 is 1.28 bits per heavy atom. The third kappa shape index (κ3) is 6.08. The van der Waals surface area contributed by atoms with E-state index in [4.69, 9.17) is 4.74 Å². The molecular formula is C20H25F2N5O2. The zero-order valence-electron chi connectivity index (χ0n) is 16.5. The molecule has 0 spiro atoms. The number of nitrogens with one attached hydrogen (secondary N) is 2. The first-order valence-corrected chi connectivity index (χ1v) is 9.56. The van der Waals surface area contributed by atoms with Crippen LogP contribution >= 0.6 is 0 Å². The molecule has 1 saturated heterocycles. The predicted molar refractivity (Wildman–Crippen MR) is 107 cm³/mol. The number of likely N-dealkylation sites (tertiary alicyclic amines) is 1. The molecule has 156 valence electrons. The van der Waals surface area contributed by atoms with Gasteiger partial charge in [-0.3, -0.25) is 9.69 Å². The molecule has 0 unspecified atom stereocenters. The number of nitrogens with zero attached hydrogens (tertiary/aromatic N) is 3.